The molecule has 0 aliphatic carbocycles. The van der Waals surface area contributed by atoms with Gasteiger partial charge in [0.2, 0.25) is 10.0 Å². The summed E-state index contributed by atoms with van der Waals surface area (Å²) in [5, 5.41) is 0. The normalized spacial score (nSPS) is 22.2. The number of hydrogen-bond acceptors (Lipinski definition) is 4. The van der Waals surface area contributed by atoms with Crippen molar-refractivity contribution in [3.63, 3.8) is 0 Å². The first kappa shape index (κ1) is 15.5. The lowest BCUT2D eigenvalue weighted by Crippen LogP contribution is -2.40. The summed E-state index contributed by atoms with van der Waals surface area (Å²) in [6.07, 6.45) is 0.376. The third-order valence-electron chi connectivity index (χ3n) is 3.55. The number of hydrogen-bond donors (Lipinski definition) is 0. The van der Waals surface area contributed by atoms with Crippen LogP contribution in [0.1, 0.15) is 18.9 Å². The van der Waals surface area contributed by atoms with E-state index in [0.29, 0.717) is 6.42 Å². The first-order valence-corrected chi connectivity index (χ1v) is 9.81. The smallest absolute Gasteiger partial charge is 0.229 e. The molecule has 1 aromatic rings. The van der Waals surface area contributed by atoms with Gasteiger partial charge in [-0.15, -0.1) is 0 Å². The molecule has 1 aliphatic rings. The molecule has 0 N–H and O–H groups in total. The van der Waals surface area contributed by atoms with Crippen molar-refractivity contribution in [3.8, 4) is 0 Å². The second-order valence-corrected chi connectivity index (χ2v) is 9.20. The van der Waals surface area contributed by atoms with Gasteiger partial charge in [-0.05, 0) is 25.5 Å². The molecule has 1 aliphatic heterocycles. The molecule has 1 fully saturated rings. The van der Waals surface area contributed by atoms with Crippen molar-refractivity contribution in [1.29, 1.82) is 0 Å². The van der Waals surface area contributed by atoms with Gasteiger partial charge in [0.1, 0.15) is 0 Å². The Morgan fingerprint density at radius 1 is 1.25 bits per heavy atom. The molecule has 2 rings (SSSR count). The summed E-state index contributed by atoms with van der Waals surface area (Å²) < 4.78 is 49.6. The fourth-order valence-electron chi connectivity index (χ4n) is 2.47. The van der Waals surface area contributed by atoms with E-state index in [-0.39, 0.29) is 22.9 Å². The molecule has 1 saturated heterocycles. The summed E-state index contributed by atoms with van der Waals surface area (Å²) in [5.74, 6) is -0.0104. The minimum absolute atomic E-state index is 0.0670. The molecule has 1 aromatic carbocycles. The summed E-state index contributed by atoms with van der Waals surface area (Å²) in [7, 11) is -6.74. The van der Waals surface area contributed by atoms with Crippen LogP contribution in [0.3, 0.4) is 0 Å². The average Bonchev–Trinajstić information content (AvgIpc) is 2.70. The van der Waals surface area contributed by atoms with Crippen LogP contribution in [0.2, 0.25) is 0 Å². The standard InChI is InChI=1S/C13H19NO4S2/c1-3-14(12-8-9-19(15,16)10-12)20(17,18)13-6-4-11(2)5-7-13/h4-7,12H,3,8-10H2,1-2H3/t12-/m1/s1. The van der Waals surface area contributed by atoms with E-state index >= 15 is 0 Å². The third kappa shape index (κ3) is 3.05. The lowest BCUT2D eigenvalue weighted by atomic mass is 10.2. The Kier molecular flexibility index (Phi) is 4.22. The molecule has 0 spiro atoms. The highest BCUT2D eigenvalue weighted by Gasteiger charge is 2.37. The first-order valence-electron chi connectivity index (χ1n) is 6.55. The second-order valence-electron chi connectivity index (χ2n) is 5.08. The maximum atomic E-state index is 12.6. The van der Waals surface area contributed by atoms with Gasteiger partial charge >= 0.3 is 0 Å². The zero-order valence-corrected chi connectivity index (χ0v) is 13.2. The van der Waals surface area contributed by atoms with Crippen LogP contribution in [-0.2, 0) is 19.9 Å². The van der Waals surface area contributed by atoms with Crippen LogP contribution in [0, 0.1) is 6.92 Å². The van der Waals surface area contributed by atoms with E-state index in [1.807, 2.05) is 6.92 Å². The molecule has 0 aromatic heterocycles. The molecule has 0 amide bonds. The first-order chi connectivity index (χ1) is 9.26. The quantitative estimate of drug-likeness (QED) is 0.836. The predicted molar refractivity (Wildman–Crippen MR) is 77.8 cm³/mol. The second kappa shape index (κ2) is 5.46. The van der Waals surface area contributed by atoms with Crippen molar-refractivity contribution in [2.45, 2.75) is 31.2 Å². The molecule has 112 valence electrons. The summed E-state index contributed by atoms with van der Waals surface area (Å²) >= 11 is 0. The van der Waals surface area contributed by atoms with Crippen molar-refractivity contribution < 1.29 is 16.8 Å². The molecule has 0 saturated carbocycles. The average molecular weight is 317 g/mol. The summed E-state index contributed by atoms with van der Waals surface area (Å²) in [6, 6.07) is 6.17. The zero-order chi connectivity index (χ0) is 15.0. The number of rotatable bonds is 4. The fourth-order valence-corrected chi connectivity index (χ4v) is 5.96. The van der Waals surface area contributed by atoms with Gasteiger partial charge in [-0.2, -0.15) is 4.31 Å². The Hall–Kier alpha value is -0.920. The fraction of sp³-hybridized carbons (Fsp3) is 0.538. The molecule has 7 heteroatoms. The Balaban J connectivity index is 2.33. The number of nitrogens with zero attached hydrogens (tertiary/aromatic N) is 1. The number of sulfonamides is 1. The third-order valence-corrected chi connectivity index (χ3v) is 7.35. The van der Waals surface area contributed by atoms with E-state index in [1.54, 1.807) is 31.2 Å². The van der Waals surface area contributed by atoms with Gasteiger partial charge in [0.05, 0.1) is 16.4 Å². The van der Waals surface area contributed by atoms with Crippen LogP contribution in [0.5, 0.6) is 0 Å². The van der Waals surface area contributed by atoms with E-state index in [4.69, 9.17) is 0 Å². The van der Waals surface area contributed by atoms with Gasteiger partial charge in [-0.25, -0.2) is 16.8 Å². The van der Waals surface area contributed by atoms with Crippen molar-refractivity contribution in [1.82, 2.24) is 4.31 Å². The van der Waals surface area contributed by atoms with Crippen LogP contribution in [0.15, 0.2) is 29.2 Å². The van der Waals surface area contributed by atoms with Gasteiger partial charge in [-0.3, -0.25) is 0 Å². The largest absolute Gasteiger partial charge is 0.243 e. The number of aryl methyl sites for hydroxylation is 1. The highest BCUT2D eigenvalue weighted by Crippen LogP contribution is 2.24. The van der Waals surface area contributed by atoms with Crippen LogP contribution in [0.4, 0.5) is 0 Å². The van der Waals surface area contributed by atoms with E-state index in [0.717, 1.165) is 5.56 Å². The summed E-state index contributed by atoms with van der Waals surface area (Å²) in [6.45, 7) is 3.89. The van der Waals surface area contributed by atoms with Gasteiger partial charge in [0.15, 0.2) is 9.84 Å². The Morgan fingerprint density at radius 2 is 1.85 bits per heavy atom. The molecule has 0 bridgehead atoms. The lowest BCUT2D eigenvalue weighted by Gasteiger charge is -2.26. The maximum absolute atomic E-state index is 12.6. The van der Waals surface area contributed by atoms with Gasteiger partial charge in [0, 0.05) is 12.6 Å². The maximum Gasteiger partial charge on any atom is 0.243 e. The highest BCUT2D eigenvalue weighted by molar-refractivity contribution is 7.92. The molecule has 1 heterocycles. The predicted octanol–water partition coefficient (Wildman–Crippen LogP) is 1.19. The summed E-state index contributed by atoms with van der Waals surface area (Å²) in [4.78, 5) is 0.217. The molecular weight excluding hydrogens is 298 g/mol. The van der Waals surface area contributed by atoms with Crippen LogP contribution >= 0.6 is 0 Å². The van der Waals surface area contributed by atoms with Crippen molar-refractivity contribution >= 4 is 19.9 Å². The Labute approximate surface area is 120 Å². The minimum Gasteiger partial charge on any atom is -0.229 e. The molecule has 0 unspecified atom stereocenters. The minimum atomic E-state index is -3.63. The molecule has 20 heavy (non-hydrogen) atoms. The van der Waals surface area contributed by atoms with Crippen molar-refractivity contribution in [3.05, 3.63) is 29.8 Å². The van der Waals surface area contributed by atoms with Crippen LogP contribution in [0.25, 0.3) is 0 Å². The van der Waals surface area contributed by atoms with Gasteiger partial charge in [-0.1, -0.05) is 24.6 Å². The molecular formula is C13H19NO4S2. The van der Waals surface area contributed by atoms with Crippen molar-refractivity contribution in [2.75, 3.05) is 18.1 Å². The van der Waals surface area contributed by atoms with E-state index < -0.39 is 25.9 Å². The van der Waals surface area contributed by atoms with Crippen LogP contribution < -0.4 is 0 Å². The van der Waals surface area contributed by atoms with E-state index in [1.165, 1.54) is 4.31 Å². The van der Waals surface area contributed by atoms with Gasteiger partial charge in [0.25, 0.3) is 0 Å². The summed E-state index contributed by atoms with van der Waals surface area (Å²) in [5.41, 5.74) is 0.982. The molecule has 0 radical (unpaired) electrons. The highest BCUT2D eigenvalue weighted by atomic mass is 32.2. The van der Waals surface area contributed by atoms with Crippen molar-refractivity contribution in [2.24, 2.45) is 0 Å². The monoisotopic (exact) mass is 317 g/mol. The topological polar surface area (TPSA) is 71.5 Å². The van der Waals surface area contributed by atoms with Gasteiger partial charge < -0.3 is 0 Å². The zero-order valence-electron chi connectivity index (χ0n) is 11.6. The lowest BCUT2D eigenvalue weighted by molar-refractivity contribution is 0.354. The Bertz CT molecular complexity index is 678. The molecule has 1 atom stereocenters. The van der Waals surface area contributed by atoms with Crippen LogP contribution in [-0.4, -0.2) is 45.2 Å². The number of sulfone groups is 1. The number of benzene rings is 1. The molecule has 5 nitrogen and oxygen atoms in total. The Morgan fingerprint density at radius 3 is 2.30 bits per heavy atom. The van der Waals surface area contributed by atoms with E-state index in [2.05, 4.69) is 0 Å². The SMILES string of the molecule is CCN([C@@H]1CCS(=O)(=O)C1)S(=O)(=O)c1ccc(C)cc1. The van der Waals surface area contributed by atoms with E-state index in [9.17, 15) is 16.8 Å².